The Labute approximate surface area is 491 Å². The van der Waals surface area contributed by atoms with Gasteiger partial charge in [0.1, 0.15) is 0 Å². The van der Waals surface area contributed by atoms with Crippen molar-refractivity contribution in [3.63, 3.8) is 0 Å². The number of rotatable bonds is 6. The maximum atomic E-state index is 5.49. The Morgan fingerprint density at radius 2 is 0.500 bits per heavy atom. The zero-order valence-corrected chi connectivity index (χ0v) is 47.1. The molecule has 0 spiro atoms. The van der Waals surface area contributed by atoms with E-state index in [0.29, 0.717) is 17.5 Å². The first-order valence-corrected chi connectivity index (χ1v) is 30.7. The van der Waals surface area contributed by atoms with Crippen LogP contribution in [0.4, 0.5) is 0 Å². The zero-order valence-electron chi connectivity index (χ0n) is 44.7. The van der Waals surface area contributed by atoms with Gasteiger partial charge in [0, 0.05) is 127 Å². The van der Waals surface area contributed by atoms with Crippen LogP contribution < -0.4 is 0 Å². The quantitative estimate of drug-likeness (QED) is 0.167. The van der Waals surface area contributed by atoms with Crippen LogP contribution in [0.2, 0.25) is 0 Å². The summed E-state index contributed by atoms with van der Waals surface area (Å²) in [4.78, 5) is 16.5. The molecule has 0 amide bonds. The number of fused-ring (bicyclic) bond motifs is 21. The van der Waals surface area contributed by atoms with E-state index in [0.717, 1.165) is 66.9 Å². The number of hydrogen-bond donors (Lipinski definition) is 0. The second-order valence-corrected chi connectivity index (χ2v) is 25.1. The Balaban J connectivity index is 0.822. The van der Waals surface area contributed by atoms with Crippen LogP contribution in [-0.2, 0) is 0 Å². The lowest BCUT2D eigenvalue weighted by Crippen LogP contribution is -2.02. The predicted octanol–water partition coefficient (Wildman–Crippen LogP) is 21.3. The first-order chi connectivity index (χ1) is 41.6. The first kappa shape index (κ1) is 46.3. The number of hydrogen-bond acceptors (Lipinski definition) is 6. The molecule has 0 saturated carbocycles. The molecule has 0 unspecified atom stereocenters. The highest BCUT2D eigenvalue weighted by Crippen LogP contribution is 2.47. The van der Waals surface area contributed by atoms with Gasteiger partial charge in [-0.15, -0.1) is 34.0 Å². The van der Waals surface area contributed by atoms with Crippen molar-refractivity contribution in [2.45, 2.75) is 0 Å². The van der Waals surface area contributed by atoms with E-state index in [9.17, 15) is 0 Å². The van der Waals surface area contributed by atoms with Gasteiger partial charge in [0.05, 0.1) is 33.1 Å². The lowest BCUT2D eigenvalue weighted by molar-refractivity contribution is 1.07. The molecule has 12 aromatic carbocycles. The average molecular weight is 1120 g/mol. The standard InChI is InChI=1S/C75H42N6S3/c1-7-28-55-49(22-1)67-58(34-37-64-70(67)52-25-4-10-31-61(52)82-64)79(55)46-19-13-16-43(40-46)73-76-74(44-17-14-20-47(41-44)80-56-29-8-2-23-50(56)68-59(80)35-38-65-71(68)53-26-5-11-32-62(53)83-65)78-75(77-73)45-18-15-21-48(42-45)81-57-30-9-3-24-51(57)69-60(81)36-39-66-72(69)54-27-6-12-33-63(54)84-66/h1-42H. The number of aromatic nitrogens is 6. The highest BCUT2D eigenvalue weighted by atomic mass is 32.1. The van der Waals surface area contributed by atoms with Crippen LogP contribution in [-0.4, -0.2) is 28.7 Å². The van der Waals surface area contributed by atoms with Crippen molar-refractivity contribution >= 4 is 160 Å². The third kappa shape index (κ3) is 6.62. The van der Waals surface area contributed by atoms with E-state index in [1.165, 1.54) is 92.8 Å². The van der Waals surface area contributed by atoms with Crippen LogP contribution in [0, 0.1) is 0 Å². The Kier molecular flexibility index (Phi) is 9.71. The normalized spacial score (nSPS) is 12.3. The minimum Gasteiger partial charge on any atom is -0.309 e. The SMILES string of the molecule is c1cc(-c2nc(-c3cccc(-n4c5ccccc5c5c6c(ccc54)sc4ccccc46)c3)nc(-c3cccc(-n4c5ccccc5c5c6c(ccc54)sc4ccccc46)c3)n2)cc(-n2c3ccccc3c3c4c(ccc32)sc2ccccc24)c1. The second-order valence-electron chi connectivity index (χ2n) is 21.8. The summed E-state index contributed by atoms with van der Waals surface area (Å²) < 4.78 is 15.0. The minimum absolute atomic E-state index is 0.590. The molecule has 19 aromatic rings. The summed E-state index contributed by atoms with van der Waals surface area (Å²) in [5, 5.41) is 15.3. The van der Waals surface area contributed by atoms with Gasteiger partial charge in [-0.3, -0.25) is 0 Å². The molecular formula is C75H42N6S3. The van der Waals surface area contributed by atoms with Gasteiger partial charge in [-0.05, 0) is 109 Å². The van der Waals surface area contributed by atoms with Gasteiger partial charge in [0.25, 0.3) is 0 Å². The monoisotopic (exact) mass is 1120 g/mol. The summed E-state index contributed by atoms with van der Waals surface area (Å²) in [5.41, 5.74) is 12.7. The van der Waals surface area contributed by atoms with E-state index in [-0.39, 0.29) is 0 Å². The molecule has 84 heavy (non-hydrogen) atoms. The summed E-state index contributed by atoms with van der Waals surface area (Å²) in [5.74, 6) is 1.77. The lowest BCUT2D eigenvalue weighted by Gasteiger charge is -2.13. The van der Waals surface area contributed by atoms with E-state index in [1.807, 2.05) is 34.0 Å². The zero-order chi connectivity index (χ0) is 54.7. The van der Waals surface area contributed by atoms with Gasteiger partial charge in [-0.1, -0.05) is 146 Å². The smallest absolute Gasteiger partial charge is 0.164 e. The molecule has 7 aromatic heterocycles. The fraction of sp³-hybridized carbons (Fsp3) is 0. The summed E-state index contributed by atoms with van der Waals surface area (Å²) >= 11 is 5.57. The van der Waals surface area contributed by atoms with E-state index < -0.39 is 0 Å². The van der Waals surface area contributed by atoms with Gasteiger partial charge in [-0.2, -0.15) is 0 Å². The van der Waals surface area contributed by atoms with Gasteiger partial charge in [-0.25, -0.2) is 15.0 Å². The summed E-state index contributed by atoms with van der Waals surface area (Å²) in [6.45, 7) is 0. The van der Waals surface area contributed by atoms with Gasteiger partial charge in [0.2, 0.25) is 0 Å². The van der Waals surface area contributed by atoms with Crippen LogP contribution in [0.3, 0.4) is 0 Å². The molecule has 0 radical (unpaired) electrons. The molecule has 6 nitrogen and oxygen atoms in total. The largest absolute Gasteiger partial charge is 0.309 e. The highest BCUT2D eigenvalue weighted by Gasteiger charge is 2.23. The average Bonchev–Trinajstić information content (AvgIpc) is 2.54. The molecule has 0 atom stereocenters. The van der Waals surface area contributed by atoms with Gasteiger partial charge in [0.15, 0.2) is 17.5 Å². The van der Waals surface area contributed by atoms with Crippen molar-refractivity contribution in [1.29, 1.82) is 0 Å². The summed E-state index contributed by atoms with van der Waals surface area (Å²) in [7, 11) is 0. The van der Waals surface area contributed by atoms with Crippen molar-refractivity contribution in [3.8, 4) is 51.2 Å². The van der Waals surface area contributed by atoms with Crippen LogP contribution in [0.15, 0.2) is 255 Å². The Bertz CT molecular complexity index is 5430. The van der Waals surface area contributed by atoms with Gasteiger partial charge < -0.3 is 13.7 Å². The fourth-order valence-electron chi connectivity index (χ4n) is 13.8. The molecule has 0 saturated heterocycles. The van der Waals surface area contributed by atoms with E-state index >= 15 is 0 Å². The fourth-order valence-corrected chi connectivity index (χ4v) is 17.1. The molecule has 0 bridgehead atoms. The molecule has 0 aliphatic heterocycles. The Morgan fingerprint density at radius 1 is 0.214 bits per heavy atom. The maximum Gasteiger partial charge on any atom is 0.164 e. The molecule has 9 heteroatoms. The van der Waals surface area contributed by atoms with Crippen molar-refractivity contribution in [1.82, 2.24) is 28.7 Å². The third-order valence-electron chi connectivity index (χ3n) is 17.3. The number of benzene rings is 12. The van der Waals surface area contributed by atoms with Crippen molar-refractivity contribution in [2.24, 2.45) is 0 Å². The third-order valence-corrected chi connectivity index (χ3v) is 20.7. The molecule has 390 valence electrons. The Morgan fingerprint density at radius 3 is 0.821 bits per heavy atom. The first-order valence-electron chi connectivity index (χ1n) is 28.2. The Hall–Kier alpha value is -10.3. The van der Waals surface area contributed by atoms with Crippen molar-refractivity contribution in [3.05, 3.63) is 255 Å². The molecule has 7 heterocycles. The van der Waals surface area contributed by atoms with E-state index in [2.05, 4.69) is 268 Å². The molecule has 19 rings (SSSR count). The van der Waals surface area contributed by atoms with Crippen molar-refractivity contribution < 1.29 is 0 Å². The molecule has 0 N–H and O–H groups in total. The van der Waals surface area contributed by atoms with Gasteiger partial charge >= 0.3 is 0 Å². The topological polar surface area (TPSA) is 53.5 Å². The molecule has 0 fully saturated rings. The maximum absolute atomic E-state index is 5.49. The predicted molar refractivity (Wildman–Crippen MR) is 358 cm³/mol. The lowest BCUT2D eigenvalue weighted by atomic mass is 10.1. The van der Waals surface area contributed by atoms with Crippen molar-refractivity contribution in [2.75, 3.05) is 0 Å². The number of nitrogens with zero attached hydrogens (tertiary/aromatic N) is 6. The number of thiophene rings is 3. The van der Waals surface area contributed by atoms with Crippen LogP contribution in [0.1, 0.15) is 0 Å². The summed E-state index contributed by atoms with van der Waals surface area (Å²) in [6, 6.07) is 92.8. The molecular weight excluding hydrogens is 1080 g/mol. The van der Waals surface area contributed by atoms with E-state index in [1.54, 1.807) is 0 Å². The highest BCUT2D eigenvalue weighted by molar-refractivity contribution is 7.26. The number of para-hydroxylation sites is 3. The minimum atomic E-state index is 0.590. The van der Waals surface area contributed by atoms with Crippen LogP contribution in [0.5, 0.6) is 0 Å². The van der Waals surface area contributed by atoms with E-state index in [4.69, 9.17) is 15.0 Å². The van der Waals surface area contributed by atoms with Crippen LogP contribution >= 0.6 is 34.0 Å². The van der Waals surface area contributed by atoms with Crippen LogP contribution in [0.25, 0.3) is 177 Å². The second kappa shape index (κ2) is 17.6. The summed E-state index contributed by atoms with van der Waals surface area (Å²) in [6.07, 6.45) is 0. The molecule has 0 aliphatic carbocycles. The molecule has 0 aliphatic rings.